The highest BCUT2D eigenvalue weighted by Gasteiger charge is 2.19. The summed E-state index contributed by atoms with van der Waals surface area (Å²) in [5.74, 6) is 0.209. The van der Waals surface area contributed by atoms with Crippen molar-refractivity contribution >= 4 is 5.91 Å². The Kier molecular flexibility index (Phi) is 5.79. The number of hydrogen-bond acceptors (Lipinski definition) is 3. The minimum absolute atomic E-state index is 0.174. The van der Waals surface area contributed by atoms with Crippen LogP contribution >= 0.6 is 0 Å². The van der Waals surface area contributed by atoms with E-state index in [1.165, 1.54) is 18.1 Å². The molecule has 0 aliphatic rings. The van der Waals surface area contributed by atoms with Gasteiger partial charge in [-0.05, 0) is 43.7 Å². The maximum atomic E-state index is 13.7. The lowest BCUT2D eigenvalue weighted by atomic mass is 10.2. The van der Waals surface area contributed by atoms with E-state index >= 15 is 0 Å². The van der Waals surface area contributed by atoms with Gasteiger partial charge in [0.15, 0.2) is 17.7 Å². The van der Waals surface area contributed by atoms with Crippen LogP contribution in [0.5, 0.6) is 11.5 Å². The van der Waals surface area contributed by atoms with Gasteiger partial charge >= 0.3 is 0 Å². The minimum Gasteiger partial charge on any atom is -0.494 e. The van der Waals surface area contributed by atoms with Crippen LogP contribution in [0.2, 0.25) is 0 Å². The number of nitrogens with zero attached hydrogens (tertiary/aromatic N) is 1. The first kappa shape index (κ1) is 17.8. The van der Waals surface area contributed by atoms with Gasteiger partial charge in [0.1, 0.15) is 5.75 Å². The van der Waals surface area contributed by atoms with Gasteiger partial charge in [-0.2, -0.15) is 0 Å². The fourth-order valence-corrected chi connectivity index (χ4v) is 2.34. The van der Waals surface area contributed by atoms with Gasteiger partial charge in [-0.25, -0.2) is 4.39 Å². The summed E-state index contributed by atoms with van der Waals surface area (Å²) in [7, 11) is 3.08. The number of methoxy groups -OCH3 is 1. The van der Waals surface area contributed by atoms with Crippen LogP contribution in [-0.2, 0) is 11.3 Å². The summed E-state index contributed by atoms with van der Waals surface area (Å²) in [5, 5.41) is 0. The molecule has 0 fully saturated rings. The molecule has 0 spiro atoms. The highest BCUT2D eigenvalue weighted by Crippen LogP contribution is 2.19. The fraction of sp³-hybridized carbons (Fsp3) is 0.316. The third-order valence-corrected chi connectivity index (χ3v) is 3.69. The molecule has 2 aromatic carbocycles. The number of ether oxygens (including phenoxy) is 2. The van der Waals surface area contributed by atoms with E-state index in [2.05, 4.69) is 0 Å². The van der Waals surface area contributed by atoms with Crippen LogP contribution in [0.3, 0.4) is 0 Å². The molecule has 0 heterocycles. The number of halogens is 1. The summed E-state index contributed by atoms with van der Waals surface area (Å²) in [4.78, 5) is 13.9. The van der Waals surface area contributed by atoms with Crippen molar-refractivity contribution in [2.75, 3.05) is 14.2 Å². The molecule has 24 heavy (non-hydrogen) atoms. The highest BCUT2D eigenvalue weighted by molar-refractivity contribution is 5.80. The number of aryl methyl sites for hydroxylation is 1. The number of rotatable bonds is 6. The van der Waals surface area contributed by atoms with Crippen LogP contribution in [0.15, 0.2) is 42.5 Å². The van der Waals surface area contributed by atoms with Crippen molar-refractivity contribution < 1.29 is 18.7 Å². The smallest absolute Gasteiger partial charge is 0.263 e. The zero-order chi connectivity index (χ0) is 17.7. The molecule has 0 saturated heterocycles. The standard InChI is InChI=1S/C19H22FNO3/c1-13-5-8-16(9-6-13)24-14(2)19(22)21(3)12-15-7-10-18(23-4)17(20)11-15/h5-11,14H,12H2,1-4H3. The van der Waals surface area contributed by atoms with Gasteiger partial charge in [-0.15, -0.1) is 0 Å². The highest BCUT2D eigenvalue weighted by atomic mass is 19.1. The number of likely N-dealkylation sites (N-methyl/N-ethyl adjacent to an activating group) is 1. The van der Waals surface area contributed by atoms with Crippen LogP contribution in [0, 0.1) is 12.7 Å². The summed E-state index contributed by atoms with van der Waals surface area (Å²) < 4.78 is 24.3. The number of carbonyl (C=O) groups is 1. The Balaban J connectivity index is 1.98. The molecule has 0 saturated carbocycles. The van der Waals surface area contributed by atoms with Gasteiger partial charge in [-0.3, -0.25) is 4.79 Å². The van der Waals surface area contributed by atoms with Crippen LogP contribution in [-0.4, -0.2) is 31.1 Å². The Morgan fingerprint density at radius 1 is 1.21 bits per heavy atom. The Hall–Kier alpha value is -2.56. The van der Waals surface area contributed by atoms with Crippen molar-refractivity contribution in [3.8, 4) is 11.5 Å². The van der Waals surface area contributed by atoms with E-state index in [0.29, 0.717) is 17.9 Å². The number of carbonyl (C=O) groups excluding carboxylic acids is 1. The van der Waals surface area contributed by atoms with E-state index in [1.54, 1.807) is 26.1 Å². The zero-order valence-electron chi connectivity index (χ0n) is 14.4. The predicted octanol–water partition coefficient (Wildman–Crippen LogP) is 3.57. The maximum absolute atomic E-state index is 13.7. The summed E-state index contributed by atoms with van der Waals surface area (Å²) in [5.41, 5.74) is 1.81. The van der Waals surface area contributed by atoms with Crippen LogP contribution in [0.25, 0.3) is 0 Å². The molecular formula is C19H22FNO3. The predicted molar refractivity (Wildman–Crippen MR) is 90.7 cm³/mol. The molecule has 0 radical (unpaired) electrons. The normalized spacial score (nSPS) is 11.7. The number of amides is 1. The van der Waals surface area contributed by atoms with Gasteiger partial charge < -0.3 is 14.4 Å². The van der Waals surface area contributed by atoms with E-state index in [-0.39, 0.29) is 11.7 Å². The molecular weight excluding hydrogens is 309 g/mol. The molecule has 0 aromatic heterocycles. The molecule has 1 unspecified atom stereocenters. The molecule has 0 aliphatic carbocycles. The second-order valence-corrected chi connectivity index (χ2v) is 5.74. The third kappa shape index (κ3) is 4.47. The largest absolute Gasteiger partial charge is 0.494 e. The van der Waals surface area contributed by atoms with Crippen LogP contribution < -0.4 is 9.47 Å². The Bertz CT molecular complexity index is 700. The second-order valence-electron chi connectivity index (χ2n) is 5.74. The van der Waals surface area contributed by atoms with E-state index in [4.69, 9.17) is 9.47 Å². The molecule has 4 nitrogen and oxygen atoms in total. The maximum Gasteiger partial charge on any atom is 0.263 e. The Morgan fingerprint density at radius 3 is 2.46 bits per heavy atom. The van der Waals surface area contributed by atoms with Crippen molar-refractivity contribution in [1.29, 1.82) is 0 Å². The molecule has 2 rings (SSSR count). The first-order valence-corrected chi connectivity index (χ1v) is 7.71. The van der Waals surface area contributed by atoms with Crippen molar-refractivity contribution in [3.63, 3.8) is 0 Å². The summed E-state index contributed by atoms with van der Waals surface area (Å²) >= 11 is 0. The minimum atomic E-state index is -0.624. The number of hydrogen-bond donors (Lipinski definition) is 0. The lowest BCUT2D eigenvalue weighted by Crippen LogP contribution is -2.37. The van der Waals surface area contributed by atoms with Gasteiger partial charge in [-0.1, -0.05) is 23.8 Å². The van der Waals surface area contributed by atoms with Gasteiger partial charge in [0.2, 0.25) is 0 Å². The first-order chi connectivity index (χ1) is 11.4. The fourth-order valence-electron chi connectivity index (χ4n) is 2.34. The zero-order valence-corrected chi connectivity index (χ0v) is 14.4. The first-order valence-electron chi connectivity index (χ1n) is 7.71. The SMILES string of the molecule is COc1ccc(CN(C)C(=O)C(C)Oc2ccc(C)cc2)cc1F. The lowest BCUT2D eigenvalue weighted by Gasteiger charge is -2.22. The quantitative estimate of drug-likeness (QED) is 0.812. The van der Waals surface area contributed by atoms with Gasteiger partial charge in [0.05, 0.1) is 7.11 Å². The monoisotopic (exact) mass is 331 g/mol. The lowest BCUT2D eigenvalue weighted by molar-refractivity contribution is -0.137. The van der Waals surface area contributed by atoms with Crippen LogP contribution in [0.1, 0.15) is 18.1 Å². The Labute approximate surface area is 141 Å². The molecule has 5 heteroatoms. The van der Waals surface area contributed by atoms with E-state index in [1.807, 2.05) is 31.2 Å². The summed E-state index contributed by atoms with van der Waals surface area (Å²) in [6.07, 6.45) is -0.624. The average molecular weight is 331 g/mol. The Morgan fingerprint density at radius 2 is 1.88 bits per heavy atom. The summed E-state index contributed by atoms with van der Waals surface area (Å²) in [6.45, 7) is 3.98. The van der Waals surface area contributed by atoms with E-state index in [0.717, 1.165) is 5.56 Å². The van der Waals surface area contributed by atoms with Gasteiger partial charge in [0, 0.05) is 13.6 Å². The van der Waals surface area contributed by atoms with Crippen molar-refractivity contribution in [2.45, 2.75) is 26.5 Å². The van der Waals surface area contributed by atoms with E-state index < -0.39 is 11.9 Å². The average Bonchev–Trinajstić information content (AvgIpc) is 2.56. The summed E-state index contributed by atoms with van der Waals surface area (Å²) in [6, 6.07) is 12.2. The van der Waals surface area contributed by atoms with Crippen molar-refractivity contribution in [2.24, 2.45) is 0 Å². The van der Waals surface area contributed by atoms with Crippen molar-refractivity contribution in [3.05, 3.63) is 59.4 Å². The van der Waals surface area contributed by atoms with Gasteiger partial charge in [0.25, 0.3) is 5.91 Å². The molecule has 0 N–H and O–H groups in total. The third-order valence-electron chi connectivity index (χ3n) is 3.69. The molecule has 1 atom stereocenters. The molecule has 2 aromatic rings. The second kappa shape index (κ2) is 7.81. The van der Waals surface area contributed by atoms with E-state index in [9.17, 15) is 9.18 Å². The van der Waals surface area contributed by atoms with Crippen LogP contribution in [0.4, 0.5) is 4.39 Å². The molecule has 0 aliphatic heterocycles. The molecule has 0 bridgehead atoms. The van der Waals surface area contributed by atoms with Crippen molar-refractivity contribution in [1.82, 2.24) is 4.90 Å². The topological polar surface area (TPSA) is 38.8 Å². The molecule has 128 valence electrons. The molecule has 1 amide bonds. The number of benzene rings is 2.